The van der Waals surface area contributed by atoms with Crippen molar-refractivity contribution in [3.05, 3.63) is 12.7 Å². The largest absolute Gasteiger partial charge is 0.336 e. The molecule has 0 spiro atoms. The van der Waals surface area contributed by atoms with Gasteiger partial charge in [-0.3, -0.25) is 14.5 Å². The average molecular weight is 238 g/mol. The molecule has 1 aliphatic heterocycles. The number of rotatable bonds is 4. The van der Waals surface area contributed by atoms with Gasteiger partial charge in [0.15, 0.2) is 0 Å². The second-order valence-corrected chi connectivity index (χ2v) is 3.76. The van der Waals surface area contributed by atoms with Crippen LogP contribution in [0.4, 0.5) is 4.79 Å². The van der Waals surface area contributed by atoms with E-state index in [1.54, 1.807) is 0 Å². The fourth-order valence-corrected chi connectivity index (χ4v) is 1.70. The highest BCUT2D eigenvalue weighted by atomic mass is 16.2. The molecule has 1 aliphatic rings. The summed E-state index contributed by atoms with van der Waals surface area (Å²) in [6.45, 7) is 4.16. The van der Waals surface area contributed by atoms with E-state index in [1.165, 1.54) is 12.5 Å². The van der Waals surface area contributed by atoms with Crippen LogP contribution in [0.25, 0.3) is 0 Å². The third-order valence-electron chi connectivity index (χ3n) is 2.56. The Morgan fingerprint density at radius 2 is 2.35 bits per heavy atom. The summed E-state index contributed by atoms with van der Waals surface area (Å²) in [6.07, 6.45) is 5.11. The van der Waals surface area contributed by atoms with Gasteiger partial charge in [-0.2, -0.15) is 0 Å². The number of likely N-dealkylation sites (tertiary alicyclic amines) is 1. The van der Waals surface area contributed by atoms with Crippen molar-refractivity contribution in [2.45, 2.75) is 25.3 Å². The summed E-state index contributed by atoms with van der Waals surface area (Å²) in [7, 11) is 0. The van der Waals surface area contributed by atoms with Crippen molar-refractivity contribution in [3.8, 4) is 0 Å². The van der Waals surface area contributed by atoms with Crippen LogP contribution in [-0.4, -0.2) is 42.4 Å². The molecule has 0 aromatic carbocycles. The molecule has 93 valence electrons. The molecule has 1 fully saturated rings. The standard InChI is InChI=1S/C11H16N3O3/c1-2-6-12-11(17)14-7-4-3-5-9(10(14)16)13-8-15/h2,9H,1,3-7H2,(H,12,17)(H,13,15)/t9-/m0/s1. The number of carbonyl (C=O) groups excluding carboxylic acids is 3. The van der Waals surface area contributed by atoms with E-state index in [4.69, 9.17) is 0 Å². The summed E-state index contributed by atoms with van der Waals surface area (Å²) in [6, 6.07) is -1.10. The molecule has 1 radical (unpaired) electrons. The van der Waals surface area contributed by atoms with E-state index in [-0.39, 0.29) is 5.91 Å². The zero-order valence-corrected chi connectivity index (χ0v) is 9.57. The quantitative estimate of drug-likeness (QED) is 0.531. The van der Waals surface area contributed by atoms with Gasteiger partial charge in [0.05, 0.1) is 0 Å². The Balaban J connectivity index is 2.67. The zero-order chi connectivity index (χ0) is 12.7. The first-order chi connectivity index (χ1) is 8.20. The van der Waals surface area contributed by atoms with Crippen LogP contribution in [-0.2, 0) is 9.59 Å². The lowest BCUT2D eigenvalue weighted by Crippen LogP contribution is -2.50. The van der Waals surface area contributed by atoms with Crippen LogP contribution in [0.15, 0.2) is 12.7 Å². The van der Waals surface area contributed by atoms with Gasteiger partial charge in [0, 0.05) is 13.1 Å². The molecule has 0 aromatic rings. The minimum atomic E-state index is -0.649. The van der Waals surface area contributed by atoms with Crippen LogP contribution in [0.5, 0.6) is 0 Å². The van der Waals surface area contributed by atoms with Crippen molar-refractivity contribution < 1.29 is 14.4 Å². The van der Waals surface area contributed by atoms with Crippen LogP contribution in [0.1, 0.15) is 19.3 Å². The first-order valence-corrected chi connectivity index (χ1v) is 5.53. The second-order valence-electron chi connectivity index (χ2n) is 3.76. The monoisotopic (exact) mass is 238 g/mol. The molecule has 1 saturated heterocycles. The molecule has 17 heavy (non-hydrogen) atoms. The highest BCUT2D eigenvalue weighted by Crippen LogP contribution is 2.12. The van der Waals surface area contributed by atoms with Crippen LogP contribution in [0.3, 0.4) is 0 Å². The molecule has 0 aromatic heterocycles. The summed E-state index contributed by atoms with van der Waals surface area (Å²) < 4.78 is 0. The summed E-state index contributed by atoms with van der Waals surface area (Å²) in [5, 5.41) is 4.86. The van der Waals surface area contributed by atoms with E-state index in [9.17, 15) is 14.4 Å². The van der Waals surface area contributed by atoms with E-state index >= 15 is 0 Å². The third-order valence-corrected chi connectivity index (χ3v) is 2.56. The van der Waals surface area contributed by atoms with Gasteiger partial charge in [-0.05, 0) is 19.3 Å². The van der Waals surface area contributed by atoms with Crippen LogP contribution >= 0.6 is 0 Å². The summed E-state index contributed by atoms with van der Waals surface area (Å²) >= 11 is 0. The van der Waals surface area contributed by atoms with Gasteiger partial charge in [0.2, 0.25) is 0 Å². The Labute approximate surface area is 100 Å². The molecule has 0 unspecified atom stereocenters. The third kappa shape index (κ3) is 3.58. The molecule has 6 heteroatoms. The maximum atomic E-state index is 11.9. The molecule has 0 bridgehead atoms. The van der Waals surface area contributed by atoms with E-state index in [2.05, 4.69) is 17.2 Å². The number of nitrogens with zero attached hydrogens (tertiary/aromatic N) is 1. The molecule has 6 nitrogen and oxygen atoms in total. The van der Waals surface area contributed by atoms with Crippen LogP contribution < -0.4 is 10.6 Å². The Kier molecular flexibility index (Phi) is 5.19. The second kappa shape index (κ2) is 6.67. The van der Waals surface area contributed by atoms with E-state index < -0.39 is 12.1 Å². The van der Waals surface area contributed by atoms with Gasteiger partial charge in [-0.1, -0.05) is 6.08 Å². The smallest absolute Gasteiger partial charge is 0.324 e. The summed E-state index contributed by atoms with van der Waals surface area (Å²) in [5.74, 6) is -0.382. The Hall–Kier alpha value is -1.85. The van der Waals surface area contributed by atoms with Gasteiger partial charge in [-0.25, -0.2) is 4.79 Å². The molecule has 1 heterocycles. The number of carbonyl (C=O) groups is 2. The van der Waals surface area contributed by atoms with Crippen molar-refractivity contribution in [1.29, 1.82) is 0 Å². The van der Waals surface area contributed by atoms with Gasteiger partial charge in [0.25, 0.3) is 5.91 Å². The Morgan fingerprint density at radius 3 is 3.00 bits per heavy atom. The number of hydrogen-bond acceptors (Lipinski definition) is 3. The molecule has 4 amide bonds. The lowest BCUT2D eigenvalue weighted by molar-refractivity contribution is -0.129. The topological polar surface area (TPSA) is 78.5 Å². The Morgan fingerprint density at radius 1 is 1.59 bits per heavy atom. The Bertz CT molecular complexity index is 317. The summed E-state index contributed by atoms with van der Waals surface area (Å²) in [4.78, 5) is 35.0. The van der Waals surface area contributed by atoms with Gasteiger partial charge in [-0.15, -0.1) is 6.58 Å². The lowest BCUT2D eigenvalue weighted by Gasteiger charge is -2.21. The molecular weight excluding hydrogens is 222 g/mol. The molecule has 1 atom stereocenters. The fraction of sp³-hybridized carbons (Fsp3) is 0.545. The highest BCUT2D eigenvalue weighted by Gasteiger charge is 2.30. The van der Waals surface area contributed by atoms with Crippen molar-refractivity contribution in [2.75, 3.05) is 13.1 Å². The van der Waals surface area contributed by atoms with Crippen molar-refractivity contribution in [2.24, 2.45) is 0 Å². The van der Waals surface area contributed by atoms with Gasteiger partial charge in [0.1, 0.15) is 6.04 Å². The predicted molar refractivity (Wildman–Crippen MR) is 61.8 cm³/mol. The number of amides is 4. The fourth-order valence-electron chi connectivity index (χ4n) is 1.70. The lowest BCUT2D eigenvalue weighted by atomic mass is 10.1. The van der Waals surface area contributed by atoms with Crippen molar-refractivity contribution in [1.82, 2.24) is 15.5 Å². The summed E-state index contributed by atoms with van der Waals surface area (Å²) in [5.41, 5.74) is 0. The minimum absolute atomic E-state index is 0.306. The number of hydrogen-bond donors (Lipinski definition) is 2. The number of urea groups is 1. The molecule has 1 rings (SSSR count). The van der Waals surface area contributed by atoms with Gasteiger partial charge >= 0.3 is 12.4 Å². The molecule has 2 N–H and O–H groups in total. The van der Waals surface area contributed by atoms with Gasteiger partial charge < -0.3 is 10.6 Å². The predicted octanol–water partition coefficient (Wildman–Crippen LogP) is -0.0801. The van der Waals surface area contributed by atoms with Crippen molar-refractivity contribution >= 4 is 18.3 Å². The number of imide groups is 1. The number of nitrogens with one attached hydrogen (secondary N) is 2. The van der Waals surface area contributed by atoms with Crippen molar-refractivity contribution in [3.63, 3.8) is 0 Å². The maximum Gasteiger partial charge on any atom is 0.324 e. The normalized spacial score (nSPS) is 20.4. The van der Waals surface area contributed by atoms with Crippen LogP contribution in [0, 0.1) is 0 Å². The first kappa shape index (κ1) is 13.2. The first-order valence-electron chi connectivity index (χ1n) is 5.53. The molecular formula is C11H16N3O3. The SMILES string of the molecule is C=CCNC(=O)N1CCCC[C@H](N[C]=O)C1=O. The van der Waals surface area contributed by atoms with Crippen LogP contribution in [0.2, 0.25) is 0 Å². The molecule has 0 saturated carbocycles. The van der Waals surface area contributed by atoms with E-state index in [0.29, 0.717) is 19.5 Å². The maximum absolute atomic E-state index is 11.9. The minimum Gasteiger partial charge on any atom is -0.336 e. The zero-order valence-electron chi connectivity index (χ0n) is 9.57. The average Bonchev–Trinajstić information content (AvgIpc) is 2.50. The van der Waals surface area contributed by atoms with E-state index in [0.717, 1.165) is 17.7 Å². The van der Waals surface area contributed by atoms with E-state index in [1.807, 2.05) is 0 Å². The highest BCUT2D eigenvalue weighted by molar-refractivity contribution is 5.98. The molecule has 0 aliphatic carbocycles.